The zero-order valence-electron chi connectivity index (χ0n) is 19.9. The van der Waals surface area contributed by atoms with Gasteiger partial charge in [0, 0.05) is 0 Å². The molecule has 6 rings (SSSR count). The van der Waals surface area contributed by atoms with E-state index < -0.39 is 0 Å². The van der Waals surface area contributed by atoms with Gasteiger partial charge in [0.2, 0.25) is 0 Å². The Balaban J connectivity index is 0.000000249. The zero-order chi connectivity index (χ0) is 21.1. The topological polar surface area (TPSA) is 0 Å². The van der Waals surface area contributed by atoms with Gasteiger partial charge < -0.3 is 2.85 Å². The fraction of sp³-hybridized carbons (Fsp3) is 0. The third-order valence-electron chi connectivity index (χ3n) is 5.03. The summed E-state index contributed by atoms with van der Waals surface area (Å²) >= 11 is 0. The van der Waals surface area contributed by atoms with Gasteiger partial charge in [-0.25, -0.2) is 0 Å². The minimum absolute atomic E-state index is 0. The van der Waals surface area contributed by atoms with E-state index in [4.69, 9.17) is 0 Å². The predicted octanol–water partition coefficient (Wildman–Crippen LogP) is 8.63. The van der Waals surface area contributed by atoms with E-state index in [1.54, 1.807) is 0 Å². The van der Waals surface area contributed by atoms with Crippen LogP contribution in [0.2, 0.25) is 0 Å². The third kappa shape index (κ3) is 6.94. The average molecular weight is 491 g/mol. The van der Waals surface area contributed by atoms with Gasteiger partial charge in [-0.05, 0) is 0 Å². The monoisotopic (exact) mass is 489 g/mol. The molecule has 6 aromatic carbocycles. The number of rotatable bonds is 2. The summed E-state index contributed by atoms with van der Waals surface area (Å²) in [5.41, 5.74) is 2.49. The quantitative estimate of drug-likeness (QED) is 0.213. The van der Waals surface area contributed by atoms with Crippen LogP contribution in [0.15, 0.2) is 146 Å². The Morgan fingerprint density at radius 3 is 1.22 bits per heavy atom. The van der Waals surface area contributed by atoms with Crippen LogP contribution in [0.4, 0.5) is 0 Å². The molecular formula is C31H27Zr-3. The van der Waals surface area contributed by atoms with Crippen molar-refractivity contribution in [3.8, 4) is 0 Å². The van der Waals surface area contributed by atoms with Crippen LogP contribution in [-0.4, -0.2) is 0 Å². The van der Waals surface area contributed by atoms with E-state index in [-0.39, 0.29) is 29.1 Å². The molecule has 0 nitrogen and oxygen atoms in total. The Morgan fingerprint density at radius 2 is 0.812 bits per heavy atom. The van der Waals surface area contributed by atoms with Crippen LogP contribution in [0.25, 0.3) is 21.5 Å². The molecule has 0 amide bonds. The predicted molar refractivity (Wildman–Crippen MR) is 137 cm³/mol. The second-order valence-electron chi connectivity index (χ2n) is 7.28. The Bertz CT molecular complexity index is 1140. The second kappa shape index (κ2) is 12.6. The van der Waals surface area contributed by atoms with E-state index in [2.05, 4.69) is 140 Å². The first-order valence-corrected chi connectivity index (χ1v) is 10.5. The van der Waals surface area contributed by atoms with E-state index in [1.807, 2.05) is 12.1 Å². The summed E-state index contributed by atoms with van der Waals surface area (Å²) in [6.45, 7) is 0. The standard InChI is InChI=1S/C13H11.2C9H7.Zr.2H/c1-3-7-12(8-4-1)11-13-9-5-2-6-10-13;2*1-2-5-9-7-3-6-8(9)4-1;;;/h1-11H;2*1-7H;;;/q3*-1;+2;2*-1. The average Bonchev–Trinajstić information content (AvgIpc) is 3.51. The number of benzene rings is 4. The van der Waals surface area contributed by atoms with E-state index in [9.17, 15) is 0 Å². The second-order valence-corrected chi connectivity index (χ2v) is 7.28. The van der Waals surface area contributed by atoms with Crippen LogP contribution in [0.5, 0.6) is 0 Å². The van der Waals surface area contributed by atoms with Crippen molar-refractivity contribution < 1.29 is 29.1 Å². The number of hydrogen-bond acceptors (Lipinski definition) is 0. The van der Waals surface area contributed by atoms with Crippen LogP contribution in [0.1, 0.15) is 14.0 Å². The van der Waals surface area contributed by atoms with Crippen molar-refractivity contribution in [1.82, 2.24) is 0 Å². The molecule has 0 radical (unpaired) electrons. The molecule has 0 N–H and O–H groups in total. The maximum absolute atomic E-state index is 2.17. The molecule has 0 saturated heterocycles. The minimum Gasteiger partial charge on any atom is -1.00 e. The molecule has 0 spiro atoms. The van der Waals surface area contributed by atoms with Gasteiger partial charge >= 0.3 is 26.2 Å². The molecule has 0 aliphatic heterocycles. The molecule has 158 valence electrons. The molecule has 0 aromatic heterocycles. The van der Waals surface area contributed by atoms with Gasteiger partial charge in [0.15, 0.2) is 0 Å². The first kappa shape index (κ1) is 23.5. The van der Waals surface area contributed by atoms with Gasteiger partial charge in [0.05, 0.1) is 0 Å². The molecule has 32 heavy (non-hydrogen) atoms. The molecule has 1 heteroatoms. The van der Waals surface area contributed by atoms with Gasteiger partial charge in [-0.15, -0.1) is 101 Å². The van der Waals surface area contributed by atoms with Crippen molar-refractivity contribution in [2.24, 2.45) is 0 Å². The van der Waals surface area contributed by atoms with Gasteiger partial charge in [-0.3, -0.25) is 0 Å². The van der Waals surface area contributed by atoms with Gasteiger partial charge in [0.1, 0.15) is 0 Å². The van der Waals surface area contributed by atoms with Crippen molar-refractivity contribution in [3.05, 3.63) is 163 Å². The third-order valence-corrected chi connectivity index (χ3v) is 5.03. The SMILES string of the molecule is [H-].[H-].[Zr+2].c1ccc([CH-]c2ccccc2)cc1.c1ccc2[cH-]ccc2c1.c1ccc2[cH-]ccc2c1. The van der Waals surface area contributed by atoms with E-state index >= 15 is 0 Å². The summed E-state index contributed by atoms with van der Waals surface area (Å²) in [6.07, 6.45) is 2.17. The van der Waals surface area contributed by atoms with Gasteiger partial charge in [0.25, 0.3) is 0 Å². The fourth-order valence-corrected chi connectivity index (χ4v) is 3.43. The smallest absolute Gasteiger partial charge is 1.00 e. The summed E-state index contributed by atoms with van der Waals surface area (Å²) in [7, 11) is 0. The largest absolute Gasteiger partial charge is 2.00 e. The van der Waals surface area contributed by atoms with Crippen LogP contribution < -0.4 is 0 Å². The molecule has 0 aliphatic carbocycles. The maximum atomic E-state index is 2.17. The summed E-state index contributed by atoms with van der Waals surface area (Å²) in [5.74, 6) is 0. The Labute approximate surface area is 213 Å². The molecule has 0 aliphatic rings. The van der Waals surface area contributed by atoms with E-state index in [1.165, 1.54) is 32.7 Å². The Hall–Kier alpha value is -3.15. The van der Waals surface area contributed by atoms with Gasteiger partial charge in [-0.2, -0.15) is 35.0 Å². The zero-order valence-corrected chi connectivity index (χ0v) is 20.4. The van der Waals surface area contributed by atoms with Crippen LogP contribution in [0.3, 0.4) is 0 Å². The molecule has 0 saturated carbocycles. The number of fused-ring (bicyclic) bond motifs is 2. The molecule has 0 heterocycles. The molecular weight excluding hydrogens is 464 g/mol. The van der Waals surface area contributed by atoms with Crippen LogP contribution in [-0.2, 0) is 26.2 Å². The van der Waals surface area contributed by atoms with E-state index in [0.29, 0.717) is 0 Å². The number of hydrogen-bond donors (Lipinski definition) is 0. The summed E-state index contributed by atoms with van der Waals surface area (Å²) in [4.78, 5) is 0. The van der Waals surface area contributed by atoms with E-state index in [0.717, 1.165) is 0 Å². The Kier molecular flexibility index (Phi) is 9.29. The van der Waals surface area contributed by atoms with Crippen molar-refractivity contribution in [2.75, 3.05) is 0 Å². The molecule has 0 bridgehead atoms. The molecule has 0 atom stereocenters. The first-order valence-electron chi connectivity index (χ1n) is 10.5. The maximum Gasteiger partial charge on any atom is 2.00 e. The summed E-state index contributed by atoms with van der Waals surface area (Å²) in [6, 6.07) is 50.0. The van der Waals surface area contributed by atoms with Crippen molar-refractivity contribution in [1.29, 1.82) is 0 Å². The summed E-state index contributed by atoms with van der Waals surface area (Å²) < 4.78 is 0. The first-order chi connectivity index (χ1) is 15.4. The fourth-order valence-electron chi connectivity index (χ4n) is 3.43. The van der Waals surface area contributed by atoms with Crippen molar-refractivity contribution >= 4 is 21.5 Å². The normalized spacial score (nSPS) is 9.62. The van der Waals surface area contributed by atoms with Gasteiger partial charge in [-0.1, -0.05) is 48.5 Å². The minimum atomic E-state index is 0. The molecule has 0 fully saturated rings. The van der Waals surface area contributed by atoms with Crippen LogP contribution >= 0.6 is 0 Å². The van der Waals surface area contributed by atoms with Crippen molar-refractivity contribution in [3.63, 3.8) is 0 Å². The van der Waals surface area contributed by atoms with Crippen LogP contribution in [0, 0.1) is 6.42 Å². The molecule has 0 unspecified atom stereocenters. The van der Waals surface area contributed by atoms with Crippen molar-refractivity contribution in [2.45, 2.75) is 0 Å². The Morgan fingerprint density at radius 1 is 0.438 bits per heavy atom. The summed E-state index contributed by atoms with van der Waals surface area (Å²) in [5, 5.41) is 5.32. The molecule has 6 aromatic rings.